The molecule has 1 N–H and O–H groups in total. The molecule has 104 valence electrons. The van der Waals surface area contributed by atoms with E-state index in [1.54, 1.807) is 12.1 Å². The monoisotopic (exact) mass is 345 g/mol. The molecule has 7 heteroatoms. The van der Waals surface area contributed by atoms with E-state index in [0.717, 1.165) is 0 Å². The molecule has 1 aliphatic rings. The highest BCUT2D eigenvalue weighted by atomic mass is 79.9. The number of halogens is 1. The average Bonchev–Trinajstić information content (AvgIpc) is 2.55. The van der Waals surface area contributed by atoms with Crippen LogP contribution in [0.4, 0.5) is 5.82 Å². The lowest BCUT2D eigenvalue weighted by Crippen LogP contribution is -2.23. The van der Waals surface area contributed by atoms with E-state index in [-0.39, 0.29) is 17.2 Å². The highest BCUT2D eigenvalue weighted by Crippen LogP contribution is 2.23. The minimum absolute atomic E-state index is 0.0689. The number of nitrogens with one attached hydrogen (secondary N) is 1. The Balaban J connectivity index is 2.23. The molecule has 1 atom stereocenters. The Bertz CT molecular complexity index is 620. The molecule has 0 saturated carbocycles. The molecule has 1 aromatic rings. The zero-order chi connectivity index (χ0) is 14.3. The predicted octanol–water partition coefficient (Wildman–Crippen LogP) is 2.26. The van der Waals surface area contributed by atoms with Crippen LogP contribution in [-0.2, 0) is 15.3 Å². The topological polar surface area (TPSA) is 72.0 Å². The van der Waals surface area contributed by atoms with E-state index in [4.69, 9.17) is 0 Å². The summed E-state index contributed by atoms with van der Waals surface area (Å²) in [5.74, 6) is 1.40. The smallest absolute Gasteiger partial charge is 0.173 e. The molecule has 0 radical (unpaired) electrons. The lowest BCUT2D eigenvalue weighted by Gasteiger charge is -2.19. The van der Waals surface area contributed by atoms with Gasteiger partial charge in [0.2, 0.25) is 0 Å². The third-order valence-corrected chi connectivity index (χ3v) is 4.43. The van der Waals surface area contributed by atoms with Gasteiger partial charge in [-0.3, -0.25) is 0 Å². The van der Waals surface area contributed by atoms with Crippen molar-refractivity contribution in [3.63, 3.8) is 0 Å². The van der Waals surface area contributed by atoms with Gasteiger partial charge in [-0.25, -0.2) is 18.4 Å². The summed E-state index contributed by atoms with van der Waals surface area (Å²) in [6, 6.07) is 1.51. The summed E-state index contributed by atoms with van der Waals surface area (Å²) in [7, 11) is -3.06. The molecule has 1 aromatic heterocycles. The summed E-state index contributed by atoms with van der Waals surface area (Å²) in [4.78, 5) is 8.77. The minimum Gasteiger partial charge on any atom is -0.363 e. The van der Waals surface area contributed by atoms with Crippen LogP contribution in [0.2, 0.25) is 0 Å². The van der Waals surface area contributed by atoms with Crippen LogP contribution in [0.25, 0.3) is 0 Å². The van der Waals surface area contributed by atoms with Crippen LogP contribution in [0.15, 0.2) is 22.2 Å². The number of hydrogen-bond acceptors (Lipinski definition) is 5. The summed E-state index contributed by atoms with van der Waals surface area (Å²) in [5.41, 5.74) is -0.169. The lowest BCUT2D eigenvalue weighted by atomic mass is 9.96. The molecule has 0 amide bonds. The van der Waals surface area contributed by atoms with Gasteiger partial charge in [-0.2, -0.15) is 0 Å². The number of rotatable bonds is 2. The van der Waals surface area contributed by atoms with Crippen molar-refractivity contribution in [2.75, 3.05) is 11.1 Å². The molecule has 0 fully saturated rings. The Kier molecular flexibility index (Phi) is 3.70. The van der Waals surface area contributed by atoms with Crippen LogP contribution >= 0.6 is 15.9 Å². The maximum absolute atomic E-state index is 11.4. The largest absolute Gasteiger partial charge is 0.363 e. The van der Waals surface area contributed by atoms with Gasteiger partial charge in [-0.1, -0.05) is 20.8 Å². The molecule has 0 aromatic carbocycles. The van der Waals surface area contributed by atoms with Crippen LogP contribution in [0.5, 0.6) is 0 Å². The Morgan fingerprint density at radius 1 is 1.37 bits per heavy atom. The second kappa shape index (κ2) is 4.86. The molecule has 1 unspecified atom stereocenters. The Labute approximate surface area is 121 Å². The van der Waals surface area contributed by atoms with E-state index >= 15 is 0 Å². The molecule has 2 heterocycles. The molecule has 2 rings (SSSR count). The molecule has 19 heavy (non-hydrogen) atoms. The van der Waals surface area contributed by atoms with Crippen molar-refractivity contribution in [3.8, 4) is 0 Å². The third-order valence-electron chi connectivity index (χ3n) is 2.63. The molecular formula is C12H16BrN3O2S. The first kappa shape index (κ1) is 14.5. The average molecular weight is 346 g/mol. The van der Waals surface area contributed by atoms with Crippen LogP contribution in [0, 0.1) is 0 Å². The summed E-state index contributed by atoms with van der Waals surface area (Å²) in [6.45, 7) is 6.08. The third kappa shape index (κ3) is 3.76. The first-order valence-electron chi connectivity index (χ1n) is 5.88. The van der Waals surface area contributed by atoms with Crippen molar-refractivity contribution < 1.29 is 8.42 Å². The Morgan fingerprint density at radius 2 is 2.05 bits per heavy atom. The predicted molar refractivity (Wildman–Crippen MR) is 78.8 cm³/mol. The van der Waals surface area contributed by atoms with Crippen molar-refractivity contribution in [2.45, 2.75) is 32.2 Å². The first-order valence-corrected chi connectivity index (χ1v) is 8.39. The summed E-state index contributed by atoms with van der Waals surface area (Å²) in [5, 5.41) is 4.34. The van der Waals surface area contributed by atoms with Crippen LogP contribution in [-0.4, -0.2) is 30.2 Å². The van der Waals surface area contributed by atoms with Crippen LogP contribution in [0.3, 0.4) is 0 Å². The van der Waals surface area contributed by atoms with Crippen molar-refractivity contribution in [3.05, 3.63) is 28.0 Å². The molecule has 0 aliphatic carbocycles. The highest BCUT2D eigenvalue weighted by molar-refractivity contribution is 9.10. The van der Waals surface area contributed by atoms with Gasteiger partial charge in [0.1, 0.15) is 16.2 Å². The maximum atomic E-state index is 11.4. The summed E-state index contributed by atoms with van der Waals surface area (Å²) < 4.78 is 23.4. The van der Waals surface area contributed by atoms with E-state index in [9.17, 15) is 8.42 Å². The van der Waals surface area contributed by atoms with Crippen LogP contribution < -0.4 is 5.32 Å². The fourth-order valence-electron chi connectivity index (χ4n) is 1.68. The van der Waals surface area contributed by atoms with Crippen LogP contribution in [0.1, 0.15) is 26.6 Å². The number of aromatic nitrogens is 2. The highest BCUT2D eigenvalue weighted by Gasteiger charge is 2.23. The molecule has 0 bridgehead atoms. The summed E-state index contributed by atoms with van der Waals surface area (Å²) in [6.07, 6.45) is 1.64. The van der Waals surface area contributed by atoms with Gasteiger partial charge in [0, 0.05) is 16.9 Å². The van der Waals surface area contributed by atoms with Gasteiger partial charge < -0.3 is 5.32 Å². The van der Waals surface area contributed by atoms with Gasteiger partial charge in [-0.05, 0) is 22.0 Å². The standard InChI is InChI=1S/C12H16BrN3O2S/c1-12(2,3)11-15-9(13)6-10(16-11)14-8-4-5-19(17,18)7-8/h4-6,8H,7H2,1-3H3,(H,14,15,16). The number of hydrogen-bond donors (Lipinski definition) is 1. The molecule has 0 spiro atoms. The fourth-order valence-corrected chi connectivity index (χ4v) is 3.30. The van der Waals surface area contributed by atoms with Gasteiger partial charge in [0.25, 0.3) is 0 Å². The van der Waals surface area contributed by atoms with Gasteiger partial charge in [0.15, 0.2) is 9.84 Å². The fraction of sp³-hybridized carbons (Fsp3) is 0.500. The quantitative estimate of drug-likeness (QED) is 0.832. The van der Waals surface area contributed by atoms with Gasteiger partial charge in [-0.15, -0.1) is 0 Å². The van der Waals surface area contributed by atoms with E-state index in [0.29, 0.717) is 16.2 Å². The second-order valence-corrected chi connectivity index (χ2v) is 8.30. The minimum atomic E-state index is -3.06. The zero-order valence-electron chi connectivity index (χ0n) is 11.0. The maximum Gasteiger partial charge on any atom is 0.173 e. The van der Waals surface area contributed by atoms with E-state index < -0.39 is 9.84 Å². The Hall–Kier alpha value is -0.950. The van der Waals surface area contributed by atoms with Crippen molar-refractivity contribution >= 4 is 31.6 Å². The molecule has 5 nitrogen and oxygen atoms in total. The number of anilines is 1. The van der Waals surface area contributed by atoms with E-state index in [1.807, 2.05) is 20.8 Å². The molecule has 0 saturated heterocycles. The number of nitrogens with zero attached hydrogens (tertiary/aromatic N) is 2. The van der Waals surface area contributed by atoms with Gasteiger partial charge >= 0.3 is 0 Å². The van der Waals surface area contributed by atoms with Crippen molar-refractivity contribution in [1.82, 2.24) is 9.97 Å². The SMILES string of the molecule is CC(C)(C)c1nc(Br)cc(NC2C=CS(=O)(=O)C2)n1. The van der Waals surface area contributed by atoms with Gasteiger partial charge in [0.05, 0.1) is 11.8 Å². The number of sulfone groups is 1. The molecular weight excluding hydrogens is 330 g/mol. The first-order chi connectivity index (χ1) is 8.66. The van der Waals surface area contributed by atoms with Crippen molar-refractivity contribution in [2.24, 2.45) is 0 Å². The summed E-state index contributed by atoms with van der Waals surface area (Å²) >= 11 is 3.35. The lowest BCUT2D eigenvalue weighted by molar-refractivity contribution is 0.544. The van der Waals surface area contributed by atoms with Crippen molar-refractivity contribution in [1.29, 1.82) is 0 Å². The van der Waals surface area contributed by atoms with E-state index in [2.05, 4.69) is 31.2 Å². The zero-order valence-corrected chi connectivity index (χ0v) is 13.4. The van der Waals surface area contributed by atoms with E-state index in [1.165, 1.54) is 5.41 Å². The molecule has 1 aliphatic heterocycles. The second-order valence-electron chi connectivity index (χ2n) is 5.56. The Morgan fingerprint density at radius 3 is 2.58 bits per heavy atom. The normalized spacial score (nSPS) is 21.6.